The topological polar surface area (TPSA) is 61.4 Å². The fourth-order valence-corrected chi connectivity index (χ4v) is 2.77. The Bertz CT molecular complexity index is 232. The zero-order chi connectivity index (χ0) is 13.3. The minimum atomic E-state index is -0.177. The van der Waals surface area contributed by atoms with Crippen LogP contribution in [-0.2, 0) is 4.79 Å². The highest BCUT2D eigenvalue weighted by molar-refractivity contribution is 5.83. The third kappa shape index (κ3) is 4.58. The van der Waals surface area contributed by atoms with Gasteiger partial charge in [-0.15, -0.1) is 0 Å². The van der Waals surface area contributed by atoms with Crippen molar-refractivity contribution in [3.63, 3.8) is 0 Å². The molecule has 4 heteroatoms. The van der Waals surface area contributed by atoms with Crippen molar-refractivity contribution in [2.24, 2.45) is 5.41 Å². The van der Waals surface area contributed by atoms with E-state index in [4.69, 9.17) is 5.11 Å². The lowest BCUT2D eigenvalue weighted by Gasteiger charge is -2.36. The molecule has 1 rings (SSSR count). The molecule has 1 unspecified atom stereocenters. The van der Waals surface area contributed by atoms with E-state index in [0.29, 0.717) is 0 Å². The van der Waals surface area contributed by atoms with Crippen molar-refractivity contribution < 1.29 is 9.90 Å². The molecule has 0 bridgehead atoms. The Morgan fingerprint density at radius 2 is 2.22 bits per heavy atom. The fourth-order valence-electron chi connectivity index (χ4n) is 2.77. The van der Waals surface area contributed by atoms with Gasteiger partial charge in [-0.25, -0.2) is 0 Å². The van der Waals surface area contributed by atoms with E-state index < -0.39 is 0 Å². The van der Waals surface area contributed by atoms with E-state index in [2.05, 4.69) is 17.6 Å². The van der Waals surface area contributed by atoms with E-state index in [1.165, 1.54) is 0 Å². The summed E-state index contributed by atoms with van der Waals surface area (Å²) in [6, 6.07) is 0. The first-order valence-corrected chi connectivity index (χ1v) is 7.35. The summed E-state index contributed by atoms with van der Waals surface area (Å²) in [4.78, 5) is 12.3. The summed E-state index contributed by atoms with van der Waals surface area (Å²) in [5.74, 6) is 0.223. The summed E-state index contributed by atoms with van der Waals surface area (Å²) in [7, 11) is 0. The molecule has 1 saturated heterocycles. The number of aliphatic hydroxyl groups excluding tert-OH is 1. The van der Waals surface area contributed by atoms with Crippen LogP contribution in [0.25, 0.3) is 0 Å². The van der Waals surface area contributed by atoms with Crippen molar-refractivity contribution in [2.75, 3.05) is 26.2 Å². The zero-order valence-electron chi connectivity index (χ0n) is 11.6. The lowest BCUT2D eigenvalue weighted by molar-refractivity contribution is -0.132. The Morgan fingerprint density at radius 1 is 1.39 bits per heavy atom. The van der Waals surface area contributed by atoms with Crippen LogP contribution in [0, 0.1) is 5.41 Å². The average molecular weight is 256 g/mol. The molecular weight excluding hydrogens is 228 g/mol. The van der Waals surface area contributed by atoms with Gasteiger partial charge >= 0.3 is 0 Å². The predicted octanol–water partition coefficient (Wildman–Crippen LogP) is 1.44. The molecule has 1 fully saturated rings. The fraction of sp³-hybridized carbons (Fsp3) is 0.929. The molecule has 0 aliphatic carbocycles. The van der Waals surface area contributed by atoms with Gasteiger partial charge in [0.05, 0.1) is 5.41 Å². The predicted molar refractivity (Wildman–Crippen MR) is 73.4 cm³/mol. The molecule has 0 aromatic rings. The molecule has 18 heavy (non-hydrogen) atoms. The molecule has 0 saturated carbocycles. The number of hydrogen-bond acceptors (Lipinski definition) is 3. The van der Waals surface area contributed by atoms with Gasteiger partial charge in [0.25, 0.3) is 0 Å². The molecular formula is C14H28N2O2. The van der Waals surface area contributed by atoms with Crippen molar-refractivity contribution >= 4 is 5.91 Å². The van der Waals surface area contributed by atoms with Crippen LogP contribution >= 0.6 is 0 Å². The minimum Gasteiger partial charge on any atom is -0.396 e. The Balaban J connectivity index is 2.35. The first-order chi connectivity index (χ1) is 8.75. The van der Waals surface area contributed by atoms with Crippen molar-refractivity contribution in [1.82, 2.24) is 10.6 Å². The number of aliphatic hydroxyl groups is 1. The second-order valence-electron chi connectivity index (χ2n) is 5.35. The summed E-state index contributed by atoms with van der Waals surface area (Å²) >= 11 is 0. The highest BCUT2D eigenvalue weighted by atomic mass is 16.2. The summed E-state index contributed by atoms with van der Waals surface area (Å²) in [6.07, 6.45) is 6.91. The van der Waals surface area contributed by atoms with Crippen molar-refractivity contribution in [3.05, 3.63) is 0 Å². The molecule has 1 aliphatic heterocycles. The van der Waals surface area contributed by atoms with Gasteiger partial charge in [-0.05, 0) is 45.1 Å². The van der Waals surface area contributed by atoms with Crippen LogP contribution in [0.15, 0.2) is 0 Å². The van der Waals surface area contributed by atoms with Crippen molar-refractivity contribution in [3.8, 4) is 0 Å². The number of carbonyl (C=O) groups excluding carboxylic acids is 1. The zero-order valence-corrected chi connectivity index (χ0v) is 11.6. The number of nitrogens with one attached hydrogen (secondary N) is 2. The van der Waals surface area contributed by atoms with E-state index in [0.717, 1.165) is 64.6 Å². The number of rotatable bonds is 8. The maximum Gasteiger partial charge on any atom is 0.227 e. The highest BCUT2D eigenvalue weighted by Crippen LogP contribution is 2.31. The van der Waals surface area contributed by atoms with Crippen LogP contribution < -0.4 is 10.6 Å². The SMILES string of the molecule is CCCC1(C(=O)NCCCCCO)CCCNC1. The van der Waals surface area contributed by atoms with E-state index in [1.54, 1.807) is 0 Å². The summed E-state index contributed by atoms with van der Waals surface area (Å²) in [6.45, 7) is 4.99. The second-order valence-corrected chi connectivity index (χ2v) is 5.35. The van der Waals surface area contributed by atoms with Crippen LogP contribution in [0.4, 0.5) is 0 Å². The number of unbranched alkanes of at least 4 members (excludes halogenated alkanes) is 2. The molecule has 1 heterocycles. The number of carbonyl (C=O) groups is 1. The van der Waals surface area contributed by atoms with Gasteiger partial charge in [-0.1, -0.05) is 13.3 Å². The van der Waals surface area contributed by atoms with Crippen molar-refractivity contribution in [1.29, 1.82) is 0 Å². The van der Waals surface area contributed by atoms with Crippen LogP contribution in [0.3, 0.4) is 0 Å². The van der Waals surface area contributed by atoms with Crippen molar-refractivity contribution in [2.45, 2.75) is 51.9 Å². The molecule has 3 N–H and O–H groups in total. The normalized spacial score (nSPS) is 23.9. The second kappa shape index (κ2) is 8.48. The molecule has 4 nitrogen and oxygen atoms in total. The maximum absolute atomic E-state index is 12.3. The smallest absolute Gasteiger partial charge is 0.227 e. The van der Waals surface area contributed by atoms with E-state index >= 15 is 0 Å². The van der Waals surface area contributed by atoms with Gasteiger partial charge in [0.2, 0.25) is 5.91 Å². The third-order valence-corrected chi connectivity index (χ3v) is 3.80. The summed E-state index contributed by atoms with van der Waals surface area (Å²) in [5, 5.41) is 15.1. The number of amides is 1. The van der Waals surface area contributed by atoms with Gasteiger partial charge in [-0.3, -0.25) is 4.79 Å². The van der Waals surface area contributed by atoms with Gasteiger partial charge in [-0.2, -0.15) is 0 Å². The first kappa shape index (κ1) is 15.4. The molecule has 1 atom stereocenters. The lowest BCUT2D eigenvalue weighted by atomic mass is 9.76. The number of piperidine rings is 1. The van der Waals surface area contributed by atoms with Gasteiger partial charge < -0.3 is 15.7 Å². The standard InChI is InChI=1S/C14H28N2O2/c1-2-7-14(8-6-9-15-12-14)13(18)16-10-4-3-5-11-17/h15,17H,2-12H2,1H3,(H,16,18). The Hall–Kier alpha value is -0.610. The minimum absolute atomic E-state index is 0.177. The maximum atomic E-state index is 12.3. The van der Waals surface area contributed by atoms with Gasteiger partial charge in [0, 0.05) is 19.7 Å². The van der Waals surface area contributed by atoms with E-state index in [9.17, 15) is 4.79 Å². The quantitative estimate of drug-likeness (QED) is 0.576. The number of hydrogen-bond donors (Lipinski definition) is 3. The molecule has 106 valence electrons. The third-order valence-electron chi connectivity index (χ3n) is 3.80. The largest absolute Gasteiger partial charge is 0.396 e. The molecule has 0 radical (unpaired) electrons. The van der Waals surface area contributed by atoms with Gasteiger partial charge in [0.1, 0.15) is 0 Å². The first-order valence-electron chi connectivity index (χ1n) is 7.35. The van der Waals surface area contributed by atoms with Crippen LogP contribution in [0.1, 0.15) is 51.9 Å². The van der Waals surface area contributed by atoms with Gasteiger partial charge in [0.15, 0.2) is 0 Å². The Morgan fingerprint density at radius 3 is 2.83 bits per heavy atom. The molecule has 0 aromatic carbocycles. The van der Waals surface area contributed by atoms with E-state index in [1.807, 2.05) is 0 Å². The summed E-state index contributed by atoms with van der Waals surface area (Å²) in [5.41, 5.74) is -0.177. The molecule has 0 aromatic heterocycles. The van der Waals surface area contributed by atoms with Crippen LogP contribution in [-0.4, -0.2) is 37.3 Å². The highest BCUT2D eigenvalue weighted by Gasteiger charge is 2.38. The van der Waals surface area contributed by atoms with Crippen LogP contribution in [0.2, 0.25) is 0 Å². The summed E-state index contributed by atoms with van der Waals surface area (Å²) < 4.78 is 0. The molecule has 0 spiro atoms. The Labute approximate surface area is 111 Å². The monoisotopic (exact) mass is 256 g/mol. The van der Waals surface area contributed by atoms with Crippen LogP contribution in [0.5, 0.6) is 0 Å². The van der Waals surface area contributed by atoms with E-state index in [-0.39, 0.29) is 17.9 Å². The Kier molecular flexibility index (Phi) is 7.28. The lowest BCUT2D eigenvalue weighted by Crippen LogP contribution is -2.50. The molecule has 1 amide bonds. The molecule has 1 aliphatic rings. The average Bonchev–Trinajstić information content (AvgIpc) is 2.39.